The van der Waals surface area contributed by atoms with Crippen LogP contribution in [0.3, 0.4) is 0 Å². The fourth-order valence-electron chi connectivity index (χ4n) is 4.23. The van der Waals surface area contributed by atoms with Crippen LogP contribution in [0.25, 0.3) is 0 Å². The summed E-state index contributed by atoms with van der Waals surface area (Å²) < 4.78 is 5.84. The van der Waals surface area contributed by atoms with E-state index in [1.165, 1.54) is 4.90 Å². The normalized spacial score (nSPS) is 24.4. The van der Waals surface area contributed by atoms with Gasteiger partial charge in [-0.05, 0) is 30.2 Å². The van der Waals surface area contributed by atoms with Gasteiger partial charge in [-0.25, -0.2) is 4.79 Å². The minimum absolute atomic E-state index is 0.0854. The molecule has 0 radical (unpaired) electrons. The Labute approximate surface area is 157 Å². The van der Waals surface area contributed by atoms with Crippen molar-refractivity contribution in [3.8, 4) is 6.07 Å². The van der Waals surface area contributed by atoms with Crippen molar-refractivity contribution in [3.05, 3.63) is 29.3 Å². The summed E-state index contributed by atoms with van der Waals surface area (Å²) >= 11 is 0. The number of nitriles is 1. The molecule has 1 N–H and O–H groups in total. The Balaban J connectivity index is 1.33. The van der Waals surface area contributed by atoms with Crippen LogP contribution in [0.5, 0.6) is 0 Å². The van der Waals surface area contributed by atoms with Gasteiger partial charge in [0.05, 0.1) is 36.9 Å². The van der Waals surface area contributed by atoms with E-state index in [2.05, 4.69) is 11.0 Å². The molecule has 8 heteroatoms. The van der Waals surface area contributed by atoms with Crippen molar-refractivity contribution in [2.24, 2.45) is 0 Å². The van der Waals surface area contributed by atoms with Crippen molar-refractivity contribution < 1.29 is 19.4 Å². The lowest BCUT2D eigenvalue weighted by Crippen LogP contribution is -2.60. The maximum atomic E-state index is 12.7. The summed E-state index contributed by atoms with van der Waals surface area (Å²) in [5.74, 6) is 0.0854. The number of amides is 2. The van der Waals surface area contributed by atoms with Gasteiger partial charge >= 0.3 is 6.09 Å². The molecule has 142 valence electrons. The lowest BCUT2D eigenvalue weighted by molar-refractivity contribution is -0.134. The zero-order valence-corrected chi connectivity index (χ0v) is 15.0. The first kappa shape index (κ1) is 17.8. The monoisotopic (exact) mass is 370 g/mol. The standard InChI is InChI=1S/C19H22N4O4/c20-8-13-1-2-17-14(7-13)3-6-23(17)18(24)4-5-21-9-15-11-22(19(25)26)12-16(10-21)27-15/h1-2,7,15-16H,3-6,9-12H2,(H,25,26). The van der Waals surface area contributed by atoms with Crippen LogP contribution in [0.2, 0.25) is 0 Å². The first-order valence-corrected chi connectivity index (χ1v) is 9.22. The molecule has 1 aromatic carbocycles. The number of hydrogen-bond acceptors (Lipinski definition) is 5. The Morgan fingerprint density at radius 2 is 1.96 bits per heavy atom. The van der Waals surface area contributed by atoms with Gasteiger partial charge < -0.3 is 19.6 Å². The van der Waals surface area contributed by atoms with Gasteiger partial charge in [0.25, 0.3) is 0 Å². The molecule has 2 bridgehead atoms. The summed E-state index contributed by atoms with van der Waals surface area (Å²) in [6.45, 7) is 3.37. The van der Waals surface area contributed by atoms with E-state index in [1.807, 2.05) is 17.0 Å². The fourth-order valence-corrected chi connectivity index (χ4v) is 4.23. The van der Waals surface area contributed by atoms with Crippen LogP contribution in [0.15, 0.2) is 18.2 Å². The van der Waals surface area contributed by atoms with Crippen molar-refractivity contribution in [1.29, 1.82) is 5.26 Å². The number of nitrogens with zero attached hydrogens (tertiary/aromatic N) is 4. The van der Waals surface area contributed by atoms with Crippen LogP contribution in [0.1, 0.15) is 17.5 Å². The van der Waals surface area contributed by atoms with Gasteiger partial charge in [0, 0.05) is 38.3 Å². The second-order valence-corrected chi connectivity index (χ2v) is 7.33. The Kier molecular flexibility index (Phi) is 4.72. The molecule has 0 saturated carbocycles. The number of carbonyl (C=O) groups excluding carboxylic acids is 1. The molecule has 2 saturated heterocycles. The molecular formula is C19H22N4O4. The predicted molar refractivity (Wildman–Crippen MR) is 96.5 cm³/mol. The number of fused-ring (bicyclic) bond motifs is 3. The van der Waals surface area contributed by atoms with E-state index in [4.69, 9.17) is 15.1 Å². The molecule has 0 aliphatic carbocycles. The van der Waals surface area contributed by atoms with Crippen molar-refractivity contribution in [3.63, 3.8) is 0 Å². The average Bonchev–Trinajstić information content (AvgIpc) is 3.08. The summed E-state index contributed by atoms with van der Waals surface area (Å²) in [6.07, 6.45) is 0.0515. The largest absolute Gasteiger partial charge is 0.465 e. The average molecular weight is 370 g/mol. The number of carboxylic acid groups (broad SMARTS) is 1. The molecule has 8 nitrogen and oxygen atoms in total. The second kappa shape index (κ2) is 7.18. The molecule has 3 aliphatic heterocycles. The van der Waals surface area contributed by atoms with E-state index in [9.17, 15) is 9.59 Å². The molecule has 1 aromatic rings. The number of benzene rings is 1. The van der Waals surface area contributed by atoms with E-state index < -0.39 is 6.09 Å². The molecule has 0 spiro atoms. The maximum Gasteiger partial charge on any atom is 0.407 e. The predicted octanol–water partition coefficient (Wildman–Crippen LogP) is 0.900. The van der Waals surface area contributed by atoms with Crippen molar-refractivity contribution >= 4 is 17.7 Å². The van der Waals surface area contributed by atoms with Gasteiger partial charge in [-0.15, -0.1) is 0 Å². The first-order chi connectivity index (χ1) is 13.0. The lowest BCUT2D eigenvalue weighted by Gasteiger charge is -2.45. The Hall–Kier alpha value is -2.63. The van der Waals surface area contributed by atoms with Crippen LogP contribution in [-0.2, 0) is 16.0 Å². The van der Waals surface area contributed by atoms with Gasteiger partial charge in [0.15, 0.2) is 0 Å². The summed E-state index contributed by atoms with van der Waals surface area (Å²) in [5, 5.41) is 18.2. The highest BCUT2D eigenvalue weighted by Crippen LogP contribution is 2.29. The summed E-state index contributed by atoms with van der Waals surface area (Å²) in [5.41, 5.74) is 2.59. The number of carbonyl (C=O) groups is 2. The highest BCUT2D eigenvalue weighted by molar-refractivity contribution is 5.95. The molecule has 2 amide bonds. The number of rotatable bonds is 3. The highest BCUT2D eigenvalue weighted by atomic mass is 16.5. The smallest absolute Gasteiger partial charge is 0.407 e. The topological polar surface area (TPSA) is 97.1 Å². The second-order valence-electron chi connectivity index (χ2n) is 7.33. The highest BCUT2D eigenvalue weighted by Gasteiger charge is 2.37. The molecule has 0 aromatic heterocycles. The summed E-state index contributed by atoms with van der Waals surface area (Å²) in [4.78, 5) is 29.3. The molecule has 27 heavy (non-hydrogen) atoms. The molecular weight excluding hydrogens is 348 g/mol. The van der Waals surface area contributed by atoms with Gasteiger partial charge in [-0.1, -0.05) is 0 Å². The van der Waals surface area contributed by atoms with Crippen LogP contribution in [0.4, 0.5) is 10.5 Å². The van der Waals surface area contributed by atoms with Gasteiger partial charge in [0.1, 0.15) is 0 Å². The third kappa shape index (κ3) is 3.61. The van der Waals surface area contributed by atoms with E-state index >= 15 is 0 Å². The minimum Gasteiger partial charge on any atom is -0.465 e. The maximum absolute atomic E-state index is 12.7. The van der Waals surface area contributed by atoms with Gasteiger partial charge in [0.2, 0.25) is 5.91 Å². The lowest BCUT2D eigenvalue weighted by atomic mass is 10.1. The Bertz CT molecular complexity index is 791. The Morgan fingerprint density at radius 3 is 2.63 bits per heavy atom. The van der Waals surface area contributed by atoms with Crippen molar-refractivity contribution in [2.75, 3.05) is 44.2 Å². The fraction of sp³-hybridized carbons (Fsp3) is 0.526. The molecule has 2 fully saturated rings. The van der Waals surface area contributed by atoms with Crippen molar-refractivity contribution in [2.45, 2.75) is 25.0 Å². The van der Waals surface area contributed by atoms with Crippen LogP contribution < -0.4 is 4.90 Å². The van der Waals surface area contributed by atoms with Crippen LogP contribution in [-0.4, -0.2) is 78.4 Å². The van der Waals surface area contributed by atoms with Crippen LogP contribution >= 0.6 is 0 Å². The molecule has 3 aliphatic rings. The molecule has 3 heterocycles. The Morgan fingerprint density at radius 1 is 1.22 bits per heavy atom. The van der Waals surface area contributed by atoms with E-state index in [0.29, 0.717) is 51.3 Å². The zero-order valence-electron chi connectivity index (χ0n) is 15.0. The number of ether oxygens (including phenoxy) is 1. The third-order valence-electron chi connectivity index (χ3n) is 5.47. The molecule has 2 unspecified atom stereocenters. The molecule has 2 atom stereocenters. The quantitative estimate of drug-likeness (QED) is 0.849. The van der Waals surface area contributed by atoms with Crippen LogP contribution in [0, 0.1) is 11.3 Å². The minimum atomic E-state index is -0.899. The number of anilines is 1. The number of morpholine rings is 2. The van der Waals surface area contributed by atoms with Crippen molar-refractivity contribution in [1.82, 2.24) is 9.80 Å². The van der Waals surface area contributed by atoms with Gasteiger partial charge in [-0.3, -0.25) is 9.69 Å². The summed E-state index contributed by atoms with van der Waals surface area (Å²) in [7, 11) is 0. The van der Waals surface area contributed by atoms with E-state index in [1.54, 1.807) is 6.07 Å². The third-order valence-corrected chi connectivity index (χ3v) is 5.47. The van der Waals surface area contributed by atoms with Gasteiger partial charge in [-0.2, -0.15) is 5.26 Å². The van der Waals surface area contributed by atoms with E-state index in [0.717, 1.165) is 17.7 Å². The first-order valence-electron chi connectivity index (χ1n) is 9.22. The SMILES string of the molecule is N#Cc1ccc2c(c1)CCN2C(=O)CCN1CC2CN(C(=O)O)CC(C1)O2. The molecule has 4 rings (SSSR count). The number of hydrogen-bond donors (Lipinski definition) is 1. The van der Waals surface area contributed by atoms with E-state index in [-0.39, 0.29) is 18.1 Å². The summed E-state index contributed by atoms with van der Waals surface area (Å²) in [6, 6.07) is 7.61. The zero-order chi connectivity index (χ0) is 19.0.